The van der Waals surface area contributed by atoms with E-state index in [4.69, 9.17) is 5.73 Å². The number of phenols is 1. The van der Waals surface area contributed by atoms with Gasteiger partial charge in [-0.05, 0) is 24.6 Å². The summed E-state index contributed by atoms with van der Waals surface area (Å²) in [6.45, 7) is 2.36. The number of hydrogen-bond acceptors (Lipinski definition) is 3. The molecular formula is C16H18N2O2. The van der Waals surface area contributed by atoms with Crippen molar-refractivity contribution in [1.82, 2.24) is 0 Å². The quantitative estimate of drug-likeness (QED) is 0.896. The largest absolute Gasteiger partial charge is 0.508 e. The second-order valence-electron chi connectivity index (χ2n) is 4.49. The zero-order valence-electron chi connectivity index (χ0n) is 11.4. The number of benzene rings is 2. The lowest BCUT2D eigenvalue weighted by molar-refractivity contribution is -0.119. The van der Waals surface area contributed by atoms with Crippen molar-refractivity contribution in [2.24, 2.45) is 5.73 Å². The van der Waals surface area contributed by atoms with Crippen molar-refractivity contribution in [3.8, 4) is 5.75 Å². The molecule has 2 aromatic rings. The third-order valence-corrected chi connectivity index (χ3v) is 3.15. The van der Waals surface area contributed by atoms with Gasteiger partial charge < -0.3 is 15.7 Å². The normalized spacial score (nSPS) is 11.9. The van der Waals surface area contributed by atoms with E-state index in [1.54, 1.807) is 29.2 Å². The fraction of sp³-hybridized carbons (Fsp3) is 0.188. The molecule has 0 fully saturated rings. The van der Waals surface area contributed by atoms with Crippen LogP contribution in [0.25, 0.3) is 0 Å². The minimum atomic E-state index is -0.710. The van der Waals surface area contributed by atoms with Crippen LogP contribution in [0.2, 0.25) is 0 Å². The van der Waals surface area contributed by atoms with Gasteiger partial charge in [-0.2, -0.15) is 0 Å². The van der Waals surface area contributed by atoms with Crippen LogP contribution < -0.4 is 10.6 Å². The number of carbonyl (C=O) groups is 1. The molecule has 1 atom stereocenters. The van der Waals surface area contributed by atoms with Gasteiger partial charge in [-0.1, -0.05) is 36.4 Å². The minimum absolute atomic E-state index is 0.127. The van der Waals surface area contributed by atoms with Gasteiger partial charge >= 0.3 is 0 Å². The Morgan fingerprint density at radius 2 is 1.90 bits per heavy atom. The van der Waals surface area contributed by atoms with E-state index in [0.717, 1.165) is 5.56 Å². The lowest BCUT2D eigenvalue weighted by Crippen LogP contribution is -2.38. The van der Waals surface area contributed by atoms with Crippen molar-refractivity contribution in [3.05, 3.63) is 60.2 Å². The number of likely N-dealkylation sites (N-methyl/N-ethyl adjacent to an activating group) is 1. The summed E-state index contributed by atoms with van der Waals surface area (Å²) in [7, 11) is 0. The molecule has 0 saturated heterocycles. The number of amides is 1. The summed E-state index contributed by atoms with van der Waals surface area (Å²) >= 11 is 0. The number of hydrogen-bond donors (Lipinski definition) is 2. The highest BCUT2D eigenvalue weighted by Gasteiger charge is 2.22. The molecule has 0 aliphatic carbocycles. The molecular weight excluding hydrogens is 252 g/mol. The van der Waals surface area contributed by atoms with Crippen LogP contribution in [0.3, 0.4) is 0 Å². The minimum Gasteiger partial charge on any atom is -0.508 e. The first-order valence-electron chi connectivity index (χ1n) is 6.54. The number of nitrogens with two attached hydrogens (primary N) is 1. The van der Waals surface area contributed by atoms with Gasteiger partial charge in [0.25, 0.3) is 0 Å². The third-order valence-electron chi connectivity index (χ3n) is 3.15. The Morgan fingerprint density at radius 3 is 2.50 bits per heavy atom. The Kier molecular flexibility index (Phi) is 4.38. The number of carbonyl (C=O) groups excluding carboxylic acids is 1. The molecule has 4 nitrogen and oxygen atoms in total. The molecule has 4 heteroatoms. The second-order valence-corrected chi connectivity index (χ2v) is 4.49. The van der Waals surface area contributed by atoms with Crippen molar-refractivity contribution >= 4 is 11.6 Å². The molecule has 1 amide bonds. The lowest BCUT2D eigenvalue weighted by atomic mass is 10.1. The van der Waals surface area contributed by atoms with Crippen molar-refractivity contribution in [2.45, 2.75) is 13.0 Å². The smallest absolute Gasteiger partial charge is 0.248 e. The maximum Gasteiger partial charge on any atom is 0.248 e. The van der Waals surface area contributed by atoms with Crippen LogP contribution in [-0.4, -0.2) is 17.6 Å². The van der Waals surface area contributed by atoms with Gasteiger partial charge in [-0.15, -0.1) is 0 Å². The van der Waals surface area contributed by atoms with E-state index in [1.165, 1.54) is 0 Å². The topological polar surface area (TPSA) is 66.6 Å². The Balaban J connectivity index is 2.26. The number of aromatic hydroxyl groups is 1. The molecule has 0 aromatic heterocycles. The maximum atomic E-state index is 12.5. The first-order valence-corrected chi connectivity index (χ1v) is 6.54. The molecule has 0 heterocycles. The lowest BCUT2D eigenvalue weighted by Gasteiger charge is -2.24. The van der Waals surface area contributed by atoms with Crippen LogP contribution in [0.5, 0.6) is 5.75 Å². The highest BCUT2D eigenvalue weighted by Crippen LogP contribution is 2.23. The SMILES string of the molecule is CCN(C(=O)[C@@H](N)c1ccccc1)c1cccc(O)c1. The summed E-state index contributed by atoms with van der Waals surface area (Å²) in [6.07, 6.45) is 0. The van der Waals surface area contributed by atoms with Gasteiger partial charge in [0, 0.05) is 18.3 Å². The molecule has 2 rings (SSSR count). The number of rotatable bonds is 4. The highest BCUT2D eigenvalue weighted by atomic mass is 16.3. The predicted octanol–water partition coefficient (Wildman–Crippen LogP) is 2.45. The van der Waals surface area contributed by atoms with E-state index >= 15 is 0 Å². The van der Waals surface area contributed by atoms with Crippen LogP contribution in [-0.2, 0) is 4.79 Å². The van der Waals surface area contributed by atoms with Gasteiger partial charge in [0.15, 0.2) is 0 Å². The molecule has 0 bridgehead atoms. The molecule has 0 aliphatic rings. The van der Waals surface area contributed by atoms with Crippen molar-refractivity contribution in [1.29, 1.82) is 0 Å². The van der Waals surface area contributed by atoms with Crippen LogP contribution in [0.4, 0.5) is 5.69 Å². The van der Waals surface area contributed by atoms with E-state index < -0.39 is 6.04 Å². The summed E-state index contributed by atoms with van der Waals surface area (Å²) < 4.78 is 0. The van der Waals surface area contributed by atoms with Crippen molar-refractivity contribution < 1.29 is 9.90 Å². The summed E-state index contributed by atoms with van der Waals surface area (Å²) in [4.78, 5) is 14.1. The first kappa shape index (κ1) is 14.1. The van der Waals surface area contributed by atoms with Crippen molar-refractivity contribution in [2.75, 3.05) is 11.4 Å². The third kappa shape index (κ3) is 2.97. The molecule has 0 saturated carbocycles. The van der Waals surface area contributed by atoms with E-state index in [1.807, 2.05) is 37.3 Å². The van der Waals surface area contributed by atoms with Gasteiger partial charge in [0.05, 0.1) is 0 Å². The molecule has 0 radical (unpaired) electrons. The number of phenolic OH excluding ortho intramolecular Hbond substituents is 1. The summed E-state index contributed by atoms with van der Waals surface area (Å²) in [5.74, 6) is -0.0636. The first-order chi connectivity index (χ1) is 9.63. The molecule has 20 heavy (non-hydrogen) atoms. The van der Waals surface area contributed by atoms with E-state index in [9.17, 15) is 9.90 Å². The molecule has 3 N–H and O–H groups in total. The van der Waals surface area contributed by atoms with Crippen LogP contribution >= 0.6 is 0 Å². The van der Waals surface area contributed by atoms with Gasteiger partial charge in [-0.25, -0.2) is 0 Å². The summed E-state index contributed by atoms with van der Waals surface area (Å²) in [6, 6.07) is 15.1. The molecule has 104 valence electrons. The van der Waals surface area contributed by atoms with Gasteiger partial charge in [0.2, 0.25) is 5.91 Å². The number of nitrogens with zero attached hydrogens (tertiary/aromatic N) is 1. The van der Waals surface area contributed by atoms with E-state index in [0.29, 0.717) is 12.2 Å². The average Bonchev–Trinajstić information content (AvgIpc) is 2.48. The van der Waals surface area contributed by atoms with Crippen LogP contribution in [0.15, 0.2) is 54.6 Å². The Labute approximate surface area is 118 Å². The highest BCUT2D eigenvalue weighted by molar-refractivity contribution is 5.97. The monoisotopic (exact) mass is 270 g/mol. The zero-order valence-corrected chi connectivity index (χ0v) is 11.4. The molecule has 0 unspecified atom stereocenters. The molecule has 0 aliphatic heterocycles. The molecule has 2 aromatic carbocycles. The van der Waals surface area contributed by atoms with Crippen LogP contribution in [0.1, 0.15) is 18.5 Å². The zero-order chi connectivity index (χ0) is 14.5. The Hall–Kier alpha value is -2.33. The Morgan fingerprint density at radius 1 is 1.20 bits per heavy atom. The molecule has 0 spiro atoms. The predicted molar refractivity (Wildman–Crippen MR) is 79.5 cm³/mol. The fourth-order valence-corrected chi connectivity index (χ4v) is 2.10. The average molecular weight is 270 g/mol. The van der Waals surface area contributed by atoms with Crippen molar-refractivity contribution in [3.63, 3.8) is 0 Å². The van der Waals surface area contributed by atoms with E-state index in [2.05, 4.69) is 0 Å². The Bertz CT molecular complexity index is 584. The standard InChI is InChI=1S/C16H18N2O2/c1-2-18(13-9-6-10-14(19)11-13)16(20)15(17)12-7-4-3-5-8-12/h3-11,15,19H,2,17H2,1H3/t15-/m0/s1. The van der Waals surface area contributed by atoms with E-state index in [-0.39, 0.29) is 11.7 Å². The van der Waals surface area contributed by atoms with Gasteiger partial charge in [-0.3, -0.25) is 4.79 Å². The van der Waals surface area contributed by atoms with Gasteiger partial charge in [0.1, 0.15) is 11.8 Å². The fourth-order valence-electron chi connectivity index (χ4n) is 2.10. The maximum absolute atomic E-state index is 12.5. The summed E-state index contributed by atoms with van der Waals surface area (Å²) in [5.41, 5.74) is 7.45. The second kappa shape index (κ2) is 6.21. The summed E-state index contributed by atoms with van der Waals surface area (Å²) in [5, 5.41) is 9.53. The number of anilines is 1. The van der Waals surface area contributed by atoms with Crippen LogP contribution in [0, 0.1) is 0 Å².